The van der Waals surface area contributed by atoms with Gasteiger partial charge in [0.1, 0.15) is 6.10 Å². The van der Waals surface area contributed by atoms with Gasteiger partial charge in [0.05, 0.1) is 13.7 Å². The van der Waals surface area contributed by atoms with Crippen LogP contribution in [0.1, 0.15) is 36.9 Å². The zero-order chi connectivity index (χ0) is 20.1. The molecular weight excluding hydrogens is 368 g/mol. The molecule has 1 atom stereocenters. The number of rotatable bonds is 9. The van der Waals surface area contributed by atoms with Crippen LogP contribution in [0.25, 0.3) is 0 Å². The van der Waals surface area contributed by atoms with E-state index < -0.39 is 0 Å². The molecule has 1 aromatic carbocycles. The summed E-state index contributed by atoms with van der Waals surface area (Å²) in [5, 5.41) is 0. The normalized spacial score (nSPS) is 18.4. The Hall–Kier alpha value is -2.60. The topological polar surface area (TPSA) is 60.9 Å². The van der Waals surface area contributed by atoms with Crippen LogP contribution in [0.2, 0.25) is 0 Å². The molecule has 6 nitrogen and oxygen atoms in total. The molecule has 1 amide bonds. The van der Waals surface area contributed by atoms with E-state index in [1.165, 1.54) is 0 Å². The van der Waals surface area contributed by atoms with Crippen LogP contribution in [-0.4, -0.2) is 48.3 Å². The number of benzene rings is 1. The van der Waals surface area contributed by atoms with Crippen LogP contribution < -0.4 is 9.47 Å². The minimum Gasteiger partial charge on any atom is -0.493 e. The fraction of sp³-hybridized carbons (Fsp3) is 0.478. The van der Waals surface area contributed by atoms with Gasteiger partial charge in [-0.25, -0.2) is 0 Å². The highest BCUT2D eigenvalue weighted by atomic mass is 16.5. The SMILES string of the molecule is COc1ccc(CN(C(=O)[C@H]2CCCO2)C2CC2)cc1OCCc1ccccn1. The van der Waals surface area contributed by atoms with Crippen molar-refractivity contribution in [2.45, 2.75) is 50.8 Å². The van der Waals surface area contributed by atoms with Gasteiger partial charge in [0.25, 0.3) is 5.91 Å². The average Bonchev–Trinajstić information content (AvgIpc) is 3.45. The molecule has 0 N–H and O–H groups in total. The Morgan fingerprint density at radius 2 is 2.10 bits per heavy atom. The Morgan fingerprint density at radius 1 is 1.21 bits per heavy atom. The molecule has 0 radical (unpaired) electrons. The standard InChI is InChI=1S/C23H28N2O4/c1-27-20-10-7-17(15-22(20)29-14-11-18-5-2-3-12-24-18)16-25(19-8-9-19)23(26)21-6-4-13-28-21/h2-3,5,7,10,12,15,19,21H,4,6,8-9,11,13-14,16H2,1H3/t21-/m1/s1. The summed E-state index contributed by atoms with van der Waals surface area (Å²) in [5.41, 5.74) is 2.03. The second-order valence-corrected chi connectivity index (χ2v) is 7.60. The van der Waals surface area contributed by atoms with Gasteiger partial charge in [-0.1, -0.05) is 12.1 Å². The Morgan fingerprint density at radius 3 is 2.79 bits per heavy atom. The molecule has 2 aliphatic rings. The van der Waals surface area contributed by atoms with Gasteiger partial charge in [-0.3, -0.25) is 9.78 Å². The molecule has 2 aromatic rings. The summed E-state index contributed by atoms with van der Waals surface area (Å²) in [6.07, 6.45) is 6.17. The van der Waals surface area contributed by atoms with Crippen LogP contribution in [0.3, 0.4) is 0 Å². The lowest BCUT2D eigenvalue weighted by molar-refractivity contribution is -0.142. The molecule has 2 heterocycles. The van der Waals surface area contributed by atoms with Crippen molar-refractivity contribution in [1.29, 1.82) is 0 Å². The summed E-state index contributed by atoms with van der Waals surface area (Å²) in [6, 6.07) is 12.1. The van der Waals surface area contributed by atoms with Crippen molar-refractivity contribution >= 4 is 5.91 Å². The lowest BCUT2D eigenvalue weighted by atomic mass is 10.1. The minimum atomic E-state index is -0.275. The third-order valence-corrected chi connectivity index (χ3v) is 5.40. The van der Waals surface area contributed by atoms with Gasteiger partial charge in [0.2, 0.25) is 0 Å². The van der Waals surface area contributed by atoms with Crippen LogP contribution >= 0.6 is 0 Å². The van der Waals surface area contributed by atoms with E-state index in [2.05, 4.69) is 4.98 Å². The van der Waals surface area contributed by atoms with Crippen LogP contribution in [0.5, 0.6) is 11.5 Å². The molecule has 1 aliphatic carbocycles. The zero-order valence-corrected chi connectivity index (χ0v) is 16.9. The number of amides is 1. The number of carbonyl (C=O) groups excluding carboxylic acids is 1. The first-order valence-corrected chi connectivity index (χ1v) is 10.4. The molecule has 1 aliphatic heterocycles. The Labute approximate surface area is 171 Å². The minimum absolute atomic E-state index is 0.124. The first kappa shape index (κ1) is 19.7. The predicted molar refractivity (Wildman–Crippen MR) is 109 cm³/mol. The van der Waals surface area contributed by atoms with Gasteiger partial charge in [-0.2, -0.15) is 0 Å². The molecule has 0 spiro atoms. The molecule has 6 heteroatoms. The highest BCUT2D eigenvalue weighted by Crippen LogP contribution is 2.33. The number of nitrogens with zero attached hydrogens (tertiary/aromatic N) is 2. The van der Waals surface area contributed by atoms with Gasteiger partial charge >= 0.3 is 0 Å². The predicted octanol–water partition coefficient (Wildman–Crippen LogP) is 3.38. The van der Waals surface area contributed by atoms with E-state index >= 15 is 0 Å². The number of aromatic nitrogens is 1. The Bertz CT molecular complexity index is 817. The Balaban J connectivity index is 1.42. The molecule has 2 fully saturated rings. The molecule has 29 heavy (non-hydrogen) atoms. The van der Waals surface area contributed by atoms with E-state index in [9.17, 15) is 4.79 Å². The Kier molecular flexibility index (Phi) is 6.30. The molecule has 1 saturated heterocycles. The van der Waals surface area contributed by atoms with Gasteiger partial charge in [0, 0.05) is 37.5 Å². The second-order valence-electron chi connectivity index (χ2n) is 7.60. The van der Waals surface area contributed by atoms with Crippen molar-refractivity contribution in [2.75, 3.05) is 20.3 Å². The largest absolute Gasteiger partial charge is 0.493 e. The molecule has 0 bridgehead atoms. The van der Waals surface area contributed by atoms with Crippen LogP contribution in [0.15, 0.2) is 42.6 Å². The van der Waals surface area contributed by atoms with E-state index in [4.69, 9.17) is 14.2 Å². The quantitative estimate of drug-likeness (QED) is 0.650. The second kappa shape index (κ2) is 9.27. The molecule has 154 valence electrons. The number of methoxy groups -OCH3 is 1. The van der Waals surface area contributed by atoms with Gasteiger partial charge in [-0.15, -0.1) is 0 Å². The maximum Gasteiger partial charge on any atom is 0.252 e. The van der Waals surface area contributed by atoms with Gasteiger partial charge < -0.3 is 19.1 Å². The van der Waals surface area contributed by atoms with E-state index in [1.807, 2.05) is 41.3 Å². The van der Waals surface area contributed by atoms with Gasteiger partial charge in [-0.05, 0) is 55.5 Å². The fourth-order valence-corrected chi connectivity index (χ4v) is 3.67. The monoisotopic (exact) mass is 396 g/mol. The summed E-state index contributed by atoms with van der Waals surface area (Å²) in [5.74, 6) is 1.51. The van der Waals surface area contributed by atoms with Crippen LogP contribution in [0.4, 0.5) is 0 Å². The first-order valence-electron chi connectivity index (χ1n) is 10.4. The highest BCUT2D eigenvalue weighted by Gasteiger charge is 2.37. The number of ether oxygens (including phenoxy) is 3. The molecule has 0 unspecified atom stereocenters. The summed E-state index contributed by atoms with van der Waals surface area (Å²) < 4.78 is 17.1. The van der Waals surface area contributed by atoms with Crippen LogP contribution in [-0.2, 0) is 22.5 Å². The summed E-state index contributed by atoms with van der Waals surface area (Å²) >= 11 is 0. The smallest absolute Gasteiger partial charge is 0.252 e. The van der Waals surface area contributed by atoms with Crippen molar-refractivity contribution in [3.05, 3.63) is 53.9 Å². The summed E-state index contributed by atoms with van der Waals surface area (Å²) in [4.78, 5) is 19.2. The first-order chi connectivity index (χ1) is 14.2. The lowest BCUT2D eigenvalue weighted by Gasteiger charge is -2.25. The van der Waals surface area contributed by atoms with Crippen molar-refractivity contribution < 1.29 is 19.0 Å². The maximum atomic E-state index is 12.9. The molecule has 1 saturated carbocycles. The third kappa shape index (κ3) is 5.07. The number of hydrogen-bond donors (Lipinski definition) is 0. The van der Waals surface area contributed by atoms with E-state index in [-0.39, 0.29) is 12.0 Å². The van der Waals surface area contributed by atoms with Crippen molar-refractivity contribution in [3.8, 4) is 11.5 Å². The summed E-state index contributed by atoms with van der Waals surface area (Å²) in [6.45, 7) is 1.77. The van der Waals surface area contributed by atoms with Crippen molar-refractivity contribution in [1.82, 2.24) is 9.88 Å². The zero-order valence-electron chi connectivity index (χ0n) is 16.9. The molecule has 1 aromatic heterocycles. The van der Waals surface area contributed by atoms with E-state index in [1.54, 1.807) is 13.3 Å². The maximum absolute atomic E-state index is 12.9. The number of pyridine rings is 1. The summed E-state index contributed by atoms with van der Waals surface area (Å²) in [7, 11) is 1.64. The van der Waals surface area contributed by atoms with E-state index in [0.29, 0.717) is 37.3 Å². The fourth-order valence-electron chi connectivity index (χ4n) is 3.67. The number of carbonyl (C=O) groups is 1. The molecule has 4 rings (SSSR count). The number of hydrogen-bond acceptors (Lipinski definition) is 5. The van der Waals surface area contributed by atoms with Crippen molar-refractivity contribution in [2.24, 2.45) is 0 Å². The molecular formula is C23H28N2O4. The van der Waals surface area contributed by atoms with Crippen LogP contribution in [0, 0.1) is 0 Å². The van der Waals surface area contributed by atoms with Crippen molar-refractivity contribution in [3.63, 3.8) is 0 Å². The third-order valence-electron chi connectivity index (χ3n) is 5.40. The average molecular weight is 396 g/mol. The van der Waals surface area contributed by atoms with E-state index in [0.717, 1.165) is 43.4 Å². The lowest BCUT2D eigenvalue weighted by Crippen LogP contribution is -2.39. The highest BCUT2D eigenvalue weighted by molar-refractivity contribution is 5.81. The van der Waals surface area contributed by atoms with Gasteiger partial charge in [0.15, 0.2) is 11.5 Å².